The first-order chi connectivity index (χ1) is 12.8. The minimum atomic E-state index is -2.03. The smallest absolute Gasteiger partial charge is 0.313 e. The van der Waals surface area contributed by atoms with Crippen molar-refractivity contribution in [2.24, 2.45) is 11.3 Å². The Morgan fingerprint density at radius 2 is 1.55 bits per heavy atom. The topological polar surface area (TPSA) is 54.0 Å². The zero-order valence-corrected chi connectivity index (χ0v) is 22.8. The molecular formula is C22H44O5Si2. The number of esters is 1. The minimum absolute atomic E-state index is 0.0822. The molecule has 5 nitrogen and oxygen atoms in total. The summed E-state index contributed by atoms with van der Waals surface area (Å²) in [5.41, 5.74) is -0.746. The second kappa shape index (κ2) is 7.73. The highest BCUT2D eigenvalue weighted by Gasteiger charge is 2.60. The van der Waals surface area contributed by atoms with Gasteiger partial charge < -0.3 is 18.3 Å². The lowest BCUT2D eigenvalue weighted by Gasteiger charge is -2.50. The molecule has 3 fully saturated rings. The Morgan fingerprint density at radius 1 is 1.00 bits per heavy atom. The number of hydrogen-bond acceptors (Lipinski definition) is 5. The zero-order valence-electron chi connectivity index (χ0n) is 20.8. The van der Waals surface area contributed by atoms with E-state index in [0.29, 0.717) is 12.8 Å². The van der Waals surface area contributed by atoms with Gasteiger partial charge in [0.05, 0.1) is 29.1 Å². The highest BCUT2D eigenvalue weighted by Crippen LogP contribution is 2.52. The summed E-state index contributed by atoms with van der Waals surface area (Å²) < 4.78 is 25.7. The molecule has 0 aromatic rings. The summed E-state index contributed by atoms with van der Waals surface area (Å²) in [5.74, 6) is -0.500. The molecule has 0 aromatic carbocycles. The molecule has 0 radical (unpaired) electrons. The van der Waals surface area contributed by atoms with Crippen LogP contribution in [0.1, 0.15) is 61.3 Å². The van der Waals surface area contributed by atoms with Crippen molar-refractivity contribution in [2.45, 2.75) is 123 Å². The largest absolute Gasteiger partial charge is 0.436 e. The minimum Gasteiger partial charge on any atom is -0.436 e. The summed E-state index contributed by atoms with van der Waals surface area (Å²) in [6.07, 6.45) is 0.485. The van der Waals surface area contributed by atoms with Crippen molar-refractivity contribution in [3.05, 3.63) is 0 Å². The molecule has 170 valence electrons. The molecule has 5 atom stereocenters. The van der Waals surface area contributed by atoms with E-state index in [1.807, 2.05) is 0 Å². The number of carbonyl (C=O) groups excluding carboxylic acids is 1. The molecule has 2 bridgehead atoms. The lowest BCUT2D eigenvalue weighted by molar-refractivity contribution is -0.213. The second-order valence-electron chi connectivity index (χ2n) is 12.7. The zero-order chi connectivity index (χ0) is 22.6. The highest BCUT2D eigenvalue weighted by atomic mass is 28.4. The van der Waals surface area contributed by atoms with Crippen molar-refractivity contribution >= 4 is 22.6 Å². The van der Waals surface area contributed by atoms with Crippen LogP contribution in [0.15, 0.2) is 0 Å². The first kappa shape index (κ1) is 25.0. The third-order valence-corrected chi connectivity index (χ3v) is 12.0. The van der Waals surface area contributed by atoms with Crippen LogP contribution in [-0.2, 0) is 23.1 Å². The van der Waals surface area contributed by atoms with Crippen LogP contribution < -0.4 is 0 Å². The molecule has 2 saturated heterocycles. The van der Waals surface area contributed by atoms with E-state index in [1.54, 1.807) is 0 Å². The molecule has 29 heavy (non-hydrogen) atoms. The van der Waals surface area contributed by atoms with E-state index in [2.05, 4.69) is 81.2 Å². The van der Waals surface area contributed by atoms with Crippen molar-refractivity contribution in [1.29, 1.82) is 0 Å². The maximum atomic E-state index is 13.2. The third kappa shape index (κ3) is 5.73. The Labute approximate surface area is 180 Å². The SMILES string of the molecule is CC(C)(C)O[C@H]1C[C@H]2C(=O)O[C@H](O[Si](C)(C)C)[C@]1(C)C[C@@H]2O[Si](C)(C)C(C)(C)C. The van der Waals surface area contributed by atoms with E-state index in [9.17, 15) is 4.79 Å². The molecule has 0 unspecified atom stereocenters. The number of fused-ring (bicyclic) bond motifs is 4. The Morgan fingerprint density at radius 3 is 2.00 bits per heavy atom. The van der Waals surface area contributed by atoms with Gasteiger partial charge in [0.25, 0.3) is 0 Å². The van der Waals surface area contributed by atoms with Crippen LogP contribution in [0.25, 0.3) is 0 Å². The number of rotatable bonds is 5. The third-order valence-electron chi connectivity index (χ3n) is 6.57. The molecule has 1 aliphatic carbocycles. The summed E-state index contributed by atoms with van der Waals surface area (Å²) in [6.45, 7) is 25.9. The monoisotopic (exact) mass is 444 g/mol. The van der Waals surface area contributed by atoms with Gasteiger partial charge in [-0.15, -0.1) is 0 Å². The highest BCUT2D eigenvalue weighted by molar-refractivity contribution is 6.74. The van der Waals surface area contributed by atoms with Gasteiger partial charge in [-0.3, -0.25) is 4.79 Å². The Kier molecular flexibility index (Phi) is 6.68. The maximum absolute atomic E-state index is 13.2. The van der Waals surface area contributed by atoms with Crippen molar-refractivity contribution < 1.29 is 23.1 Å². The standard InChI is InChI=1S/C22H44O5Si2/c1-20(2,3)25-17-13-15-16(26-29(11,12)21(4,5)6)14-22(17,7)19(24-18(15)23)27-28(8,9)10/h15-17,19H,13-14H2,1-12H3/t15-,16+,17+,19-,22-/m1/s1. The van der Waals surface area contributed by atoms with Crippen molar-refractivity contribution in [2.75, 3.05) is 0 Å². The van der Waals surface area contributed by atoms with Gasteiger partial charge in [-0.25, -0.2) is 0 Å². The van der Waals surface area contributed by atoms with Gasteiger partial charge in [-0.2, -0.15) is 0 Å². The van der Waals surface area contributed by atoms with E-state index in [1.165, 1.54) is 0 Å². The predicted octanol–water partition coefficient (Wildman–Crippen LogP) is 5.71. The van der Waals surface area contributed by atoms with Crippen LogP contribution >= 0.6 is 0 Å². The molecule has 7 heteroatoms. The average molecular weight is 445 g/mol. The van der Waals surface area contributed by atoms with E-state index >= 15 is 0 Å². The molecule has 2 aliphatic heterocycles. The number of carbonyl (C=O) groups is 1. The summed E-state index contributed by atoms with van der Waals surface area (Å²) in [5, 5.41) is 0.0822. The van der Waals surface area contributed by atoms with Gasteiger partial charge in [0, 0.05) is 0 Å². The van der Waals surface area contributed by atoms with Crippen molar-refractivity contribution in [3.63, 3.8) is 0 Å². The van der Waals surface area contributed by atoms with E-state index in [-0.39, 0.29) is 34.7 Å². The second-order valence-corrected chi connectivity index (χ2v) is 21.9. The molecule has 3 aliphatic rings. The molecular weight excluding hydrogens is 400 g/mol. The maximum Gasteiger partial charge on any atom is 0.313 e. The van der Waals surface area contributed by atoms with E-state index in [0.717, 1.165) is 0 Å². The van der Waals surface area contributed by atoms with Crippen LogP contribution in [0.4, 0.5) is 0 Å². The average Bonchev–Trinajstić information content (AvgIpc) is 2.58. The lowest BCUT2D eigenvalue weighted by atomic mass is 9.68. The van der Waals surface area contributed by atoms with E-state index < -0.39 is 28.3 Å². The fraction of sp³-hybridized carbons (Fsp3) is 0.955. The van der Waals surface area contributed by atoms with Crippen LogP contribution in [0.2, 0.25) is 37.8 Å². The van der Waals surface area contributed by atoms with Gasteiger partial charge >= 0.3 is 5.97 Å². The first-order valence-corrected chi connectivity index (χ1v) is 17.3. The fourth-order valence-corrected chi connectivity index (χ4v) is 6.27. The summed E-state index contributed by atoms with van der Waals surface area (Å²) in [4.78, 5) is 13.2. The van der Waals surface area contributed by atoms with Gasteiger partial charge in [0.1, 0.15) is 0 Å². The molecule has 2 heterocycles. The van der Waals surface area contributed by atoms with Gasteiger partial charge in [-0.1, -0.05) is 27.7 Å². The van der Waals surface area contributed by atoms with Crippen LogP contribution in [0.3, 0.4) is 0 Å². The van der Waals surface area contributed by atoms with Crippen LogP contribution in [0, 0.1) is 11.3 Å². The quantitative estimate of drug-likeness (QED) is 0.401. The first-order valence-electron chi connectivity index (χ1n) is 11.0. The van der Waals surface area contributed by atoms with E-state index in [4.69, 9.17) is 18.3 Å². The van der Waals surface area contributed by atoms with Crippen LogP contribution in [0.5, 0.6) is 0 Å². The van der Waals surface area contributed by atoms with Gasteiger partial charge in [-0.05, 0) is 71.4 Å². The predicted molar refractivity (Wildman–Crippen MR) is 122 cm³/mol. The van der Waals surface area contributed by atoms with Gasteiger partial charge in [0.15, 0.2) is 16.6 Å². The molecule has 0 spiro atoms. The number of hydrogen-bond donors (Lipinski definition) is 0. The number of ether oxygens (including phenoxy) is 2. The summed E-state index contributed by atoms with van der Waals surface area (Å²) >= 11 is 0. The van der Waals surface area contributed by atoms with Crippen molar-refractivity contribution in [3.8, 4) is 0 Å². The molecule has 0 aromatic heterocycles. The fourth-order valence-electron chi connectivity index (χ4n) is 3.95. The van der Waals surface area contributed by atoms with Gasteiger partial charge in [0.2, 0.25) is 6.29 Å². The summed E-state index contributed by atoms with van der Waals surface area (Å²) in [7, 11) is -3.97. The normalized spacial score (nSPS) is 34.1. The molecule has 0 amide bonds. The van der Waals surface area contributed by atoms with Crippen molar-refractivity contribution in [1.82, 2.24) is 0 Å². The molecule has 0 N–H and O–H groups in total. The Hall–Kier alpha value is -0.216. The molecule has 3 rings (SSSR count). The molecule has 1 saturated carbocycles. The summed E-state index contributed by atoms with van der Waals surface area (Å²) in [6, 6.07) is 0. The Balaban J connectivity index is 2.44. The van der Waals surface area contributed by atoms with Crippen LogP contribution in [-0.4, -0.2) is 46.7 Å². The Bertz CT molecular complexity index is 614. The lowest BCUT2D eigenvalue weighted by Crippen LogP contribution is -2.57.